The van der Waals surface area contributed by atoms with E-state index in [0.717, 1.165) is 22.5 Å². The van der Waals surface area contributed by atoms with E-state index in [-0.39, 0.29) is 17.7 Å². The Morgan fingerprint density at radius 2 is 1.05 bits per heavy atom. The number of furan rings is 1. The van der Waals surface area contributed by atoms with Crippen molar-refractivity contribution in [2.75, 3.05) is 9.71 Å². The van der Waals surface area contributed by atoms with Crippen LogP contribution >= 0.6 is 0 Å². The van der Waals surface area contributed by atoms with Gasteiger partial charge in [-0.3, -0.25) is 4.90 Å². The lowest BCUT2D eigenvalue weighted by Gasteiger charge is -2.52. The minimum Gasteiger partial charge on any atom is -0.440 e. The first-order valence-corrected chi connectivity index (χ1v) is 22.5. The van der Waals surface area contributed by atoms with E-state index >= 15 is 0 Å². The summed E-state index contributed by atoms with van der Waals surface area (Å²) in [7, 11) is 0. The second-order valence-electron chi connectivity index (χ2n) is 20.0. The van der Waals surface area contributed by atoms with Crippen molar-refractivity contribution in [1.29, 1.82) is 0 Å². The Morgan fingerprint density at radius 1 is 0.444 bits per heavy atom. The molecule has 0 atom stereocenters. The van der Waals surface area contributed by atoms with Crippen LogP contribution < -0.4 is 20.6 Å². The van der Waals surface area contributed by atoms with Crippen LogP contribution in [0.2, 0.25) is 0 Å². The SMILES string of the molecule is CC(C)(C)c1ccc(N2c3cc(C(C)(C)C)cc4c3B(c3c2oc2ccccc32)N2c3ccccc3C3(c5ccccc5-c5ccccc53)c3cccc-4c32)c(-c2ccccc2)c1. The molecule has 1 spiro atoms. The van der Waals surface area contributed by atoms with E-state index in [2.05, 4.69) is 227 Å². The number of fused-ring (bicyclic) bond motifs is 15. The third kappa shape index (κ3) is 4.76. The average molecular weight is 811 g/mol. The first kappa shape index (κ1) is 36.6. The van der Waals surface area contributed by atoms with Crippen molar-refractivity contribution < 1.29 is 4.42 Å². The minimum absolute atomic E-state index is 0.0360. The molecule has 63 heavy (non-hydrogen) atoms. The van der Waals surface area contributed by atoms with Gasteiger partial charge in [0.25, 0.3) is 0 Å². The normalized spacial score (nSPS) is 14.9. The molecule has 9 aromatic rings. The highest BCUT2D eigenvalue weighted by Crippen LogP contribution is 2.65. The fraction of sp³-hybridized carbons (Fsp3) is 0.153. The van der Waals surface area contributed by atoms with Crippen LogP contribution in [0.15, 0.2) is 180 Å². The van der Waals surface area contributed by atoms with E-state index in [1.165, 1.54) is 94.7 Å². The van der Waals surface area contributed by atoms with Crippen molar-refractivity contribution in [2.45, 2.75) is 57.8 Å². The van der Waals surface area contributed by atoms with Crippen LogP contribution in [-0.4, -0.2) is 6.85 Å². The summed E-state index contributed by atoms with van der Waals surface area (Å²) in [4.78, 5) is 5.18. The maximum Gasteiger partial charge on any atom is 0.337 e. The van der Waals surface area contributed by atoms with E-state index in [1.807, 2.05) is 0 Å². The van der Waals surface area contributed by atoms with Gasteiger partial charge in [0, 0.05) is 39.0 Å². The van der Waals surface area contributed by atoms with Crippen LogP contribution in [0.3, 0.4) is 0 Å². The van der Waals surface area contributed by atoms with E-state index in [4.69, 9.17) is 4.42 Å². The number of para-hydroxylation sites is 3. The van der Waals surface area contributed by atoms with Crippen LogP contribution in [0, 0.1) is 0 Å². The number of benzene rings is 8. The topological polar surface area (TPSA) is 19.6 Å². The molecule has 3 nitrogen and oxygen atoms in total. The van der Waals surface area contributed by atoms with Gasteiger partial charge in [0.05, 0.1) is 11.1 Å². The molecule has 4 heterocycles. The van der Waals surface area contributed by atoms with Crippen LogP contribution in [-0.2, 0) is 16.2 Å². The van der Waals surface area contributed by atoms with Crippen molar-refractivity contribution >= 4 is 57.4 Å². The summed E-state index contributed by atoms with van der Waals surface area (Å²) in [6.07, 6.45) is 0. The zero-order valence-electron chi connectivity index (χ0n) is 36.6. The van der Waals surface area contributed by atoms with Crippen LogP contribution in [0.5, 0.6) is 0 Å². The molecule has 8 aromatic carbocycles. The van der Waals surface area contributed by atoms with Crippen molar-refractivity contribution in [3.63, 3.8) is 0 Å². The molecule has 4 aliphatic rings. The lowest BCUT2D eigenvalue weighted by Crippen LogP contribution is -2.63. The van der Waals surface area contributed by atoms with Crippen molar-refractivity contribution in [3.8, 4) is 33.4 Å². The van der Waals surface area contributed by atoms with E-state index in [9.17, 15) is 0 Å². The highest BCUT2D eigenvalue weighted by Gasteiger charge is 2.57. The fourth-order valence-corrected chi connectivity index (χ4v) is 11.7. The monoisotopic (exact) mass is 810 g/mol. The van der Waals surface area contributed by atoms with Crippen molar-refractivity contribution in [3.05, 3.63) is 209 Å². The molecule has 0 fully saturated rings. The van der Waals surface area contributed by atoms with Crippen LogP contribution in [0.1, 0.15) is 74.9 Å². The average Bonchev–Trinajstić information content (AvgIpc) is 3.82. The summed E-state index contributed by atoms with van der Waals surface area (Å²) in [6, 6.07) is 66.3. The Balaban J connectivity index is 1.20. The maximum atomic E-state index is 7.33. The lowest BCUT2D eigenvalue weighted by molar-refractivity contribution is 0.589. The Labute approximate surface area is 370 Å². The first-order chi connectivity index (χ1) is 30.5. The predicted molar refractivity (Wildman–Crippen MR) is 264 cm³/mol. The predicted octanol–water partition coefficient (Wildman–Crippen LogP) is 14.1. The zero-order valence-corrected chi connectivity index (χ0v) is 36.6. The summed E-state index contributed by atoms with van der Waals surface area (Å²) in [5.74, 6) is 0.877. The number of hydrogen-bond acceptors (Lipinski definition) is 3. The van der Waals surface area contributed by atoms with Gasteiger partial charge >= 0.3 is 6.85 Å². The molecule has 0 bridgehead atoms. The molecular formula is C59H47BN2O. The third-order valence-electron chi connectivity index (χ3n) is 14.6. The second kappa shape index (κ2) is 12.5. The van der Waals surface area contributed by atoms with Gasteiger partial charge in [0.2, 0.25) is 5.88 Å². The molecule has 0 N–H and O–H groups in total. The Hall–Kier alpha value is -7.04. The Morgan fingerprint density at radius 3 is 1.78 bits per heavy atom. The van der Waals surface area contributed by atoms with Gasteiger partial charge in [-0.15, -0.1) is 0 Å². The molecule has 0 amide bonds. The molecule has 1 aromatic heterocycles. The molecule has 0 saturated carbocycles. The Bertz CT molecular complexity index is 3350. The molecule has 0 radical (unpaired) electrons. The summed E-state index contributed by atoms with van der Waals surface area (Å²) < 4.78 is 7.33. The summed E-state index contributed by atoms with van der Waals surface area (Å²) in [5, 5.41) is 1.14. The number of hydrogen-bond donors (Lipinski definition) is 0. The smallest absolute Gasteiger partial charge is 0.337 e. The number of rotatable bonds is 2. The van der Waals surface area contributed by atoms with E-state index < -0.39 is 5.41 Å². The Kier molecular flexibility index (Phi) is 7.29. The van der Waals surface area contributed by atoms with Gasteiger partial charge in [-0.25, -0.2) is 0 Å². The highest BCUT2D eigenvalue weighted by atomic mass is 16.4. The van der Waals surface area contributed by atoms with Gasteiger partial charge < -0.3 is 9.23 Å². The molecule has 1 aliphatic carbocycles. The summed E-state index contributed by atoms with van der Waals surface area (Å²) >= 11 is 0. The lowest BCUT2D eigenvalue weighted by atomic mass is 9.42. The first-order valence-electron chi connectivity index (χ1n) is 22.5. The largest absolute Gasteiger partial charge is 0.440 e. The van der Waals surface area contributed by atoms with Gasteiger partial charge in [0.1, 0.15) is 5.58 Å². The van der Waals surface area contributed by atoms with Crippen LogP contribution in [0.25, 0.3) is 44.3 Å². The van der Waals surface area contributed by atoms with Crippen molar-refractivity contribution in [1.82, 2.24) is 0 Å². The van der Waals surface area contributed by atoms with E-state index in [1.54, 1.807) is 0 Å². The summed E-state index contributed by atoms with van der Waals surface area (Å²) in [6.45, 7) is 13.8. The zero-order chi connectivity index (χ0) is 42.6. The van der Waals surface area contributed by atoms with Gasteiger partial charge in [-0.05, 0) is 102 Å². The third-order valence-corrected chi connectivity index (χ3v) is 14.6. The van der Waals surface area contributed by atoms with Gasteiger partial charge in [-0.1, -0.05) is 187 Å². The van der Waals surface area contributed by atoms with Gasteiger partial charge in [-0.2, -0.15) is 0 Å². The van der Waals surface area contributed by atoms with Crippen LogP contribution in [0.4, 0.5) is 28.6 Å². The second-order valence-corrected chi connectivity index (χ2v) is 20.0. The molecule has 4 heteroatoms. The number of nitrogens with zero attached hydrogens (tertiary/aromatic N) is 2. The molecule has 13 rings (SSSR count). The van der Waals surface area contributed by atoms with E-state index in [0.29, 0.717) is 0 Å². The fourth-order valence-electron chi connectivity index (χ4n) is 11.7. The molecule has 0 saturated heterocycles. The quantitative estimate of drug-likeness (QED) is 0.162. The molecular weight excluding hydrogens is 763 g/mol. The number of anilines is 5. The summed E-state index contributed by atoms with van der Waals surface area (Å²) in [5.41, 5.74) is 23.0. The van der Waals surface area contributed by atoms with Crippen molar-refractivity contribution in [2.24, 2.45) is 0 Å². The van der Waals surface area contributed by atoms with Gasteiger partial charge in [0.15, 0.2) is 0 Å². The maximum absolute atomic E-state index is 7.33. The minimum atomic E-state index is -0.505. The molecule has 302 valence electrons. The molecule has 0 unspecified atom stereocenters. The standard InChI is InChI=1S/C59H47BN2O/c1-57(2,3)37-31-32-49(43(33-37)36-19-8-7-9-20-36)61-51-35-38(58(4,5)6)34-44-41-24-18-28-48-55(41)62(60(53(44)51)54-42-23-12-17-30-52(42)63-56(54)61)50-29-16-15-27-47(50)59(48)45-25-13-10-21-39(45)40-22-11-14-26-46(40)59/h7-35H,1-6H3. The highest BCUT2D eigenvalue weighted by molar-refractivity contribution is 6.95. The molecule has 3 aliphatic heterocycles.